The van der Waals surface area contributed by atoms with Crippen molar-refractivity contribution in [2.24, 2.45) is 0 Å². The lowest BCUT2D eigenvalue weighted by Crippen LogP contribution is -2.49. The van der Waals surface area contributed by atoms with Gasteiger partial charge >= 0.3 is 12.2 Å². The molecule has 40 heavy (non-hydrogen) atoms. The highest BCUT2D eigenvalue weighted by atomic mass is 19.4. The third-order valence-corrected chi connectivity index (χ3v) is 7.00. The Labute approximate surface area is 229 Å². The van der Waals surface area contributed by atoms with Gasteiger partial charge in [0.1, 0.15) is 36.0 Å². The number of carbonyl (C=O) groups excluding carboxylic acids is 2. The Kier molecular flexibility index (Phi) is 7.25. The number of nitrogens with one attached hydrogen (secondary N) is 2. The van der Waals surface area contributed by atoms with Crippen LogP contribution in [0, 0.1) is 6.92 Å². The highest BCUT2D eigenvalue weighted by Crippen LogP contribution is 2.41. The minimum atomic E-state index is -4.60. The molecule has 5 heterocycles. The van der Waals surface area contributed by atoms with Crippen LogP contribution in [-0.4, -0.2) is 78.4 Å². The zero-order valence-electron chi connectivity index (χ0n) is 22.5. The lowest BCUT2D eigenvalue weighted by Gasteiger charge is -2.36. The minimum Gasteiger partial charge on any atom is -0.491 e. The summed E-state index contributed by atoms with van der Waals surface area (Å²) in [4.78, 5) is 38.3. The molecule has 3 atom stereocenters. The molecular formula is C26H31F3N6O5. The van der Waals surface area contributed by atoms with Crippen molar-refractivity contribution >= 4 is 29.3 Å². The van der Waals surface area contributed by atoms with Crippen LogP contribution in [0.15, 0.2) is 24.4 Å². The van der Waals surface area contributed by atoms with E-state index in [9.17, 15) is 22.8 Å². The molecule has 0 spiro atoms. The van der Waals surface area contributed by atoms with Gasteiger partial charge in [-0.1, -0.05) is 0 Å². The van der Waals surface area contributed by atoms with Crippen LogP contribution in [0.25, 0.3) is 0 Å². The summed E-state index contributed by atoms with van der Waals surface area (Å²) in [5.74, 6) is -0.732. The molecule has 2 aromatic rings. The first-order chi connectivity index (χ1) is 18.8. The first-order valence-electron chi connectivity index (χ1n) is 13.0. The molecule has 3 aliphatic rings. The monoisotopic (exact) mass is 564 g/mol. The van der Waals surface area contributed by atoms with E-state index in [1.165, 1.54) is 17.2 Å². The van der Waals surface area contributed by atoms with Crippen molar-refractivity contribution in [3.63, 3.8) is 0 Å². The molecule has 0 saturated carbocycles. The number of alkyl halides is 3. The summed E-state index contributed by atoms with van der Waals surface area (Å²) in [5.41, 5.74) is 1.08. The number of carbonyl (C=O) groups is 2. The molecule has 216 valence electrons. The molecule has 11 nitrogen and oxygen atoms in total. The van der Waals surface area contributed by atoms with Gasteiger partial charge in [-0.05, 0) is 51.8 Å². The van der Waals surface area contributed by atoms with Crippen LogP contribution in [0.4, 0.5) is 35.3 Å². The Morgan fingerprint density at radius 1 is 1.30 bits per heavy atom. The summed E-state index contributed by atoms with van der Waals surface area (Å²) in [6.07, 6.45) is -2.69. The maximum atomic E-state index is 13.6. The summed E-state index contributed by atoms with van der Waals surface area (Å²) in [7, 11) is 0. The molecule has 14 heteroatoms. The number of rotatable bonds is 6. The molecular weight excluding hydrogens is 533 g/mol. The van der Waals surface area contributed by atoms with Crippen LogP contribution in [-0.2, 0) is 9.47 Å². The van der Waals surface area contributed by atoms with E-state index in [0.717, 1.165) is 6.92 Å². The number of aromatic nitrogens is 2. The number of ether oxygens (including phenoxy) is 3. The summed E-state index contributed by atoms with van der Waals surface area (Å²) in [6.45, 7) is 8.13. The number of aryl methyl sites for hydroxylation is 1. The Balaban J connectivity index is 1.34. The molecule has 5 rings (SSSR count). The van der Waals surface area contributed by atoms with Gasteiger partial charge in [-0.2, -0.15) is 13.2 Å². The fourth-order valence-corrected chi connectivity index (χ4v) is 5.04. The van der Waals surface area contributed by atoms with Gasteiger partial charge in [-0.3, -0.25) is 15.0 Å². The molecule has 3 amide bonds. The lowest BCUT2D eigenvalue weighted by atomic mass is 10.1. The second-order valence-corrected chi connectivity index (χ2v) is 10.6. The summed E-state index contributed by atoms with van der Waals surface area (Å²) < 4.78 is 56.2. The first kappa shape index (κ1) is 27.9. The molecule has 2 bridgehead atoms. The zero-order valence-corrected chi connectivity index (χ0v) is 22.5. The molecule has 2 fully saturated rings. The first-order valence-corrected chi connectivity index (χ1v) is 13.0. The van der Waals surface area contributed by atoms with E-state index >= 15 is 0 Å². The Bertz CT molecular complexity index is 1310. The molecule has 2 aromatic heterocycles. The van der Waals surface area contributed by atoms with Crippen LogP contribution in [0.2, 0.25) is 0 Å². The third-order valence-electron chi connectivity index (χ3n) is 7.00. The number of anilines is 3. The van der Waals surface area contributed by atoms with E-state index in [1.807, 2.05) is 19.2 Å². The quantitative estimate of drug-likeness (QED) is 0.546. The highest BCUT2D eigenvalue weighted by Gasteiger charge is 2.42. The maximum Gasteiger partial charge on any atom is 0.408 e. The molecule has 0 aromatic carbocycles. The van der Waals surface area contributed by atoms with Crippen molar-refractivity contribution in [1.29, 1.82) is 0 Å². The smallest absolute Gasteiger partial charge is 0.408 e. The van der Waals surface area contributed by atoms with Crippen molar-refractivity contribution in [2.45, 2.75) is 64.3 Å². The average molecular weight is 565 g/mol. The maximum absolute atomic E-state index is 13.6. The average Bonchev–Trinajstić information content (AvgIpc) is 3.44. The van der Waals surface area contributed by atoms with Gasteiger partial charge in [0.25, 0.3) is 5.91 Å². The topological polar surface area (TPSA) is 118 Å². The van der Waals surface area contributed by atoms with Crippen LogP contribution < -0.4 is 25.2 Å². The van der Waals surface area contributed by atoms with E-state index < -0.39 is 29.9 Å². The molecule has 0 radical (unpaired) electrons. The van der Waals surface area contributed by atoms with Crippen molar-refractivity contribution in [3.05, 3.63) is 35.7 Å². The Morgan fingerprint density at radius 3 is 2.77 bits per heavy atom. The van der Waals surface area contributed by atoms with Crippen molar-refractivity contribution in [3.8, 4) is 5.75 Å². The van der Waals surface area contributed by atoms with Gasteiger partial charge in [0.05, 0.1) is 18.3 Å². The fourth-order valence-electron chi connectivity index (χ4n) is 5.04. The predicted molar refractivity (Wildman–Crippen MR) is 139 cm³/mol. The standard InChI is InChI=1S/C26H31F3N6O5/c1-14-9-19(23(36)31-15(2)26(27,28)29)32-22-21(14)34-8-6-16(11-34)35(22)24(37)33-20-10-17(5-7-30-20)38-12-18-13-39-25(3,4)40-18/h5,7,9-10,15-16,18H,6,8,11-13H2,1-4H3,(H,31,36)(H,30,33,37)/t15-,16+,18+/m1/s1. The van der Waals surface area contributed by atoms with Crippen LogP contribution in [0.1, 0.15) is 43.2 Å². The number of hydrogen-bond donors (Lipinski definition) is 2. The van der Waals surface area contributed by atoms with Gasteiger partial charge in [0.15, 0.2) is 11.6 Å². The molecule has 2 saturated heterocycles. The SMILES string of the molecule is Cc1cc(C(=O)N[C@H](C)C(F)(F)F)nc2c1N1CC[C@@H](C1)N2C(=O)Nc1cc(OC[C@H]2COC(C)(C)O2)ccn1. The number of halogens is 3. The normalized spacial score (nSPS) is 22.1. The van der Waals surface area contributed by atoms with Crippen LogP contribution in [0.3, 0.4) is 0 Å². The van der Waals surface area contributed by atoms with E-state index in [-0.39, 0.29) is 36.1 Å². The van der Waals surface area contributed by atoms with Gasteiger partial charge in [-0.25, -0.2) is 14.8 Å². The number of hydrogen-bond acceptors (Lipinski definition) is 8. The van der Waals surface area contributed by atoms with Crippen molar-refractivity contribution < 1.29 is 37.0 Å². The Hall–Kier alpha value is -3.65. The number of fused-ring (bicyclic) bond motifs is 4. The number of pyridine rings is 2. The minimum absolute atomic E-state index is 0.206. The largest absolute Gasteiger partial charge is 0.491 e. The third kappa shape index (κ3) is 5.77. The second kappa shape index (κ2) is 10.4. The molecule has 0 unspecified atom stereocenters. The molecule has 0 aliphatic carbocycles. The van der Waals surface area contributed by atoms with Crippen LogP contribution in [0.5, 0.6) is 5.75 Å². The highest BCUT2D eigenvalue weighted by molar-refractivity contribution is 6.05. The lowest BCUT2D eigenvalue weighted by molar-refractivity contribution is -0.149. The molecule has 2 N–H and O–H groups in total. The summed E-state index contributed by atoms with van der Waals surface area (Å²) >= 11 is 0. The van der Waals surface area contributed by atoms with E-state index in [2.05, 4.69) is 20.2 Å². The number of urea groups is 1. The predicted octanol–water partition coefficient (Wildman–Crippen LogP) is 3.63. The zero-order chi connectivity index (χ0) is 28.8. The van der Waals surface area contributed by atoms with Gasteiger partial charge < -0.3 is 24.4 Å². The van der Waals surface area contributed by atoms with E-state index in [0.29, 0.717) is 43.1 Å². The van der Waals surface area contributed by atoms with E-state index in [4.69, 9.17) is 14.2 Å². The summed E-state index contributed by atoms with van der Waals surface area (Å²) in [5, 5.41) is 4.70. The van der Waals surface area contributed by atoms with Crippen molar-refractivity contribution in [1.82, 2.24) is 15.3 Å². The second-order valence-electron chi connectivity index (χ2n) is 10.6. The van der Waals surface area contributed by atoms with Crippen molar-refractivity contribution in [2.75, 3.05) is 41.4 Å². The fraction of sp³-hybridized carbons (Fsp3) is 0.538. The van der Waals surface area contributed by atoms with Gasteiger partial charge in [0, 0.05) is 25.4 Å². The van der Waals surface area contributed by atoms with Crippen LogP contribution >= 0.6 is 0 Å². The summed E-state index contributed by atoms with van der Waals surface area (Å²) in [6, 6.07) is 1.84. The molecule has 3 aliphatic heterocycles. The Morgan fingerprint density at radius 2 is 2.08 bits per heavy atom. The number of nitrogens with zero attached hydrogens (tertiary/aromatic N) is 4. The van der Waals surface area contributed by atoms with Gasteiger partial charge in [0.2, 0.25) is 0 Å². The van der Waals surface area contributed by atoms with E-state index in [1.54, 1.807) is 19.1 Å². The van der Waals surface area contributed by atoms with Gasteiger partial charge in [-0.15, -0.1) is 0 Å². The number of amides is 3.